The van der Waals surface area contributed by atoms with Gasteiger partial charge in [0.2, 0.25) is 0 Å². The number of amides is 1. The van der Waals surface area contributed by atoms with Crippen molar-refractivity contribution in [2.45, 2.75) is 18.8 Å². The maximum atomic E-state index is 12.6. The number of aromatic nitrogens is 5. The van der Waals surface area contributed by atoms with Crippen molar-refractivity contribution in [2.75, 3.05) is 18.5 Å². The Labute approximate surface area is 150 Å². The first kappa shape index (κ1) is 16.3. The van der Waals surface area contributed by atoms with Crippen molar-refractivity contribution >= 4 is 11.6 Å². The molecule has 0 spiro atoms. The van der Waals surface area contributed by atoms with Crippen LogP contribution in [0, 0.1) is 0 Å². The minimum Gasteiger partial charge on any atom is -0.381 e. The van der Waals surface area contributed by atoms with Gasteiger partial charge in [-0.05, 0) is 25.0 Å². The van der Waals surface area contributed by atoms with E-state index < -0.39 is 0 Å². The molecule has 0 atom stereocenters. The Kier molecular flexibility index (Phi) is 4.65. The molecule has 3 aromatic rings. The highest BCUT2D eigenvalue weighted by atomic mass is 16.5. The van der Waals surface area contributed by atoms with E-state index in [2.05, 4.69) is 25.6 Å². The summed E-state index contributed by atoms with van der Waals surface area (Å²) in [6.45, 7) is 1.48. The van der Waals surface area contributed by atoms with E-state index in [9.17, 15) is 4.79 Å². The molecule has 3 heterocycles. The van der Waals surface area contributed by atoms with Gasteiger partial charge in [-0.2, -0.15) is 0 Å². The minimum absolute atomic E-state index is 0.317. The van der Waals surface area contributed by atoms with E-state index in [4.69, 9.17) is 4.74 Å². The van der Waals surface area contributed by atoms with Gasteiger partial charge in [-0.1, -0.05) is 23.4 Å². The molecule has 8 nitrogen and oxygen atoms in total. The fraction of sp³-hybridized carbons (Fsp3) is 0.278. The van der Waals surface area contributed by atoms with Crippen molar-refractivity contribution in [2.24, 2.45) is 0 Å². The van der Waals surface area contributed by atoms with Gasteiger partial charge < -0.3 is 10.1 Å². The van der Waals surface area contributed by atoms with E-state index >= 15 is 0 Å². The minimum atomic E-state index is -0.318. The van der Waals surface area contributed by atoms with Crippen LogP contribution in [0.5, 0.6) is 0 Å². The van der Waals surface area contributed by atoms with E-state index in [-0.39, 0.29) is 5.91 Å². The lowest BCUT2D eigenvalue weighted by molar-refractivity contribution is 0.0836. The lowest BCUT2D eigenvalue weighted by atomic mass is 9.99. The Hall–Kier alpha value is -3.13. The van der Waals surface area contributed by atoms with E-state index in [0.29, 0.717) is 17.3 Å². The summed E-state index contributed by atoms with van der Waals surface area (Å²) >= 11 is 0. The fourth-order valence-electron chi connectivity index (χ4n) is 2.91. The third kappa shape index (κ3) is 3.45. The molecule has 1 fully saturated rings. The quantitative estimate of drug-likeness (QED) is 0.775. The van der Waals surface area contributed by atoms with Crippen LogP contribution in [0.3, 0.4) is 0 Å². The highest BCUT2D eigenvalue weighted by molar-refractivity contribution is 6.03. The molecular weight excluding hydrogens is 332 g/mol. The molecule has 1 aliphatic rings. The van der Waals surface area contributed by atoms with Crippen LogP contribution in [-0.2, 0) is 4.74 Å². The average Bonchev–Trinajstić information content (AvgIpc) is 3.20. The summed E-state index contributed by atoms with van der Waals surface area (Å²) in [6.07, 6.45) is 6.54. The number of carbonyl (C=O) groups excluding carboxylic acids is 1. The number of benzene rings is 1. The lowest BCUT2D eigenvalue weighted by Crippen LogP contribution is -2.18. The van der Waals surface area contributed by atoms with Crippen molar-refractivity contribution in [3.63, 3.8) is 0 Å². The Balaban J connectivity index is 1.48. The first-order valence-corrected chi connectivity index (χ1v) is 8.48. The number of nitrogens with zero attached hydrogens (tertiary/aromatic N) is 5. The average molecular weight is 350 g/mol. The van der Waals surface area contributed by atoms with Crippen LogP contribution in [0.4, 0.5) is 5.69 Å². The number of rotatable bonds is 4. The number of para-hydroxylation sites is 1. The number of hydrogen-bond donors (Lipinski definition) is 1. The maximum Gasteiger partial charge on any atom is 0.276 e. The van der Waals surface area contributed by atoms with Crippen molar-refractivity contribution in [1.82, 2.24) is 25.0 Å². The largest absolute Gasteiger partial charge is 0.381 e. The van der Waals surface area contributed by atoms with Gasteiger partial charge in [0.1, 0.15) is 5.82 Å². The molecule has 1 aliphatic heterocycles. The molecule has 1 saturated heterocycles. The number of ether oxygens (including phenoxy) is 1. The van der Waals surface area contributed by atoms with Crippen LogP contribution < -0.4 is 5.32 Å². The fourth-order valence-corrected chi connectivity index (χ4v) is 2.91. The maximum absolute atomic E-state index is 12.6. The summed E-state index contributed by atoms with van der Waals surface area (Å²) in [5, 5.41) is 10.6. The summed E-state index contributed by atoms with van der Waals surface area (Å²) in [6, 6.07) is 9.37. The van der Waals surface area contributed by atoms with Crippen LogP contribution >= 0.6 is 0 Å². The number of nitrogens with one attached hydrogen (secondary N) is 1. The SMILES string of the molecule is O=C(Nc1cnc(C2CCOCC2)nc1)c1cnnn1-c1ccccc1. The highest BCUT2D eigenvalue weighted by Crippen LogP contribution is 2.24. The van der Waals surface area contributed by atoms with Crippen molar-refractivity contribution in [3.05, 3.63) is 60.4 Å². The van der Waals surface area contributed by atoms with E-state index in [1.54, 1.807) is 12.4 Å². The zero-order chi connectivity index (χ0) is 17.8. The molecule has 1 N–H and O–H groups in total. The molecule has 26 heavy (non-hydrogen) atoms. The van der Waals surface area contributed by atoms with Crippen molar-refractivity contribution in [3.8, 4) is 5.69 Å². The van der Waals surface area contributed by atoms with Gasteiger partial charge >= 0.3 is 0 Å². The summed E-state index contributed by atoms with van der Waals surface area (Å²) < 4.78 is 6.85. The van der Waals surface area contributed by atoms with Crippen LogP contribution in [0.1, 0.15) is 35.1 Å². The summed E-state index contributed by atoms with van der Waals surface area (Å²) in [4.78, 5) is 21.4. The molecule has 4 rings (SSSR count). The second-order valence-electron chi connectivity index (χ2n) is 6.04. The number of hydrogen-bond acceptors (Lipinski definition) is 6. The van der Waals surface area contributed by atoms with Gasteiger partial charge in [-0.3, -0.25) is 4.79 Å². The van der Waals surface area contributed by atoms with E-state index in [1.807, 2.05) is 30.3 Å². The van der Waals surface area contributed by atoms with Gasteiger partial charge in [0.15, 0.2) is 5.69 Å². The van der Waals surface area contributed by atoms with Crippen molar-refractivity contribution in [1.29, 1.82) is 0 Å². The normalized spacial score (nSPS) is 14.9. The molecule has 8 heteroatoms. The van der Waals surface area contributed by atoms with Gasteiger partial charge in [0.25, 0.3) is 5.91 Å². The van der Waals surface area contributed by atoms with E-state index in [0.717, 1.165) is 37.6 Å². The molecular formula is C18H18N6O2. The number of carbonyl (C=O) groups is 1. The zero-order valence-corrected chi connectivity index (χ0v) is 14.1. The standard InChI is InChI=1S/C18H18N6O2/c25-18(16-12-21-23-24(16)15-4-2-1-3-5-15)22-14-10-19-17(20-11-14)13-6-8-26-9-7-13/h1-5,10-13H,6-9H2,(H,22,25). The third-order valence-electron chi connectivity index (χ3n) is 4.30. The molecule has 0 saturated carbocycles. The van der Waals surface area contributed by atoms with Crippen LogP contribution in [0.25, 0.3) is 5.69 Å². The predicted molar refractivity (Wildman–Crippen MR) is 94.1 cm³/mol. The first-order valence-electron chi connectivity index (χ1n) is 8.48. The van der Waals surface area contributed by atoms with E-state index in [1.165, 1.54) is 10.9 Å². The summed E-state index contributed by atoms with van der Waals surface area (Å²) in [5.41, 5.74) is 1.64. The van der Waals surface area contributed by atoms with Crippen LogP contribution in [0.15, 0.2) is 48.9 Å². The van der Waals surface area contributed by atoms with Gasteiger partial charge in [-0.25, -0.2) is 14.6 Å². The summed E-state index contributed by atoms with van der Waals surface area (Å²) in [7, 11) is 0. The number of anilines is 1. The summed E-state index contributed by atoms with van der Waals surface area (Å²) in [5.74, 6) is 0.792. The van der Waals surface area contributed by atoms with Crippen LogP contribution in [0.2, 0.25) is 0 Å². The van der Waals surface area contributed by atoms with Gasteiger partial charge in [-0.15, -0.1) is 5.10 Å². The lowest BCUT2D eigenvalue weighted by Gasteiger charge is -2.20. The Morgan fingerprint density at radius 2 is 1.81 bits per heavy atom. The predicted octanol–water partition coefficient (Wildman–Crippen LogP) is 2.20. The third-order valence-corrected chi connectivity index (χ3v) is 4.30. The van der Waals surface area contributed by atoms with Gasteiger partial charge in [0, 0.05) is 19.1 Å². The Morgan fingerprint density at radius 3 is 2.54 bits per heavy atom. The second-order valence-corrected chi connectivity index (χ2v) is 6.04. The first-order chi connectivity index (χ1) is 12.8. The zero-order valence-electron chi connectivity index (χ0n) is 14.1. The second kappa shape index (κ2) is 7.40. The van der Waals surface area contributed by atoms with Crippen molar-refractivity contribution < 1.29 is 9.53 Å². The molecule has 0 radical (unpaired) electrons. The molecule has 1 amide bonds. The Morgan fingerprint density at radius 1 is 1.08 bits per heavy atom. The molecule has 0 unspecified atom stereocenters. The van der Waals surface area contributed by atoms with Crippen LogP contribution in [-0.4, -0.2) is 44.1 Å². The van der Waals surface area contributed by atoms with Gasteiger partial charge in [0.05, 0.1) is 30.0 Å². The molecule has 132 valence electrons. The smallest absolute Gasteiger partial charge is 0.276 e. The monoisotopic (exact) mass is 350 g/mol. The molecule has 0 bridgehead atoms. The Bertz CT molecular complexity index is 872. The highest BCUT2D eigenvalue weighted by Gasteiger charge is 2.19. The topological polar surface area (TPSA) is 94.8 Å². The molecule has 0 aliphatic carbocycles. The molecule has 1 aromatic carbocycles. The molecule has 2 aromatic heterocycles.